The third kappa shape index (κ3) is 2.89. The molecule has 3 aliphatic heterocycles. The minimum Gasteiger partial charge on any atom is -0.334 e. The molecule has 0 bridgehead atoms. The molecule has 3 heterocycles. The van der Waals surface area contributed by atoms with Crippen LogP contribution in [0.3, 0.4) is 0 Å². The molecule has 1 N–H and O–H groups in total. The number of carbonyl (C=O) groups is 2. The maximum absolute atomic E-state index is 12.8. The zero-order valence-electron chi connectivity index (χ0n) is 14.1. The fraction of sp³-hybridized carbons (Fsp3) is 0.526. The third-order valence-corrected chi connectivity index (χ3v) is 5.62. The Balaban J connectivity index is 1.37. The van der Waals surface area contributed by atoms with Gasteiger partial charge in [0.15, 0.2) is 0 Å². The molecule has 2 saturated heterocycles. The molecule has 3 atom stereocenters. The van der Waals surface area contributed by atoms with E-state index >= 15 is 0 Å². The lowest BCUT2D eigenvalue weighted by Crippen LogP contribution is -2.45. The van der Waals surface area contributed by atoms with Gasteiger partial charge in [-0.15, -0.1) is 0 Å². The van der Waals surface area contributed by atoms with Crippen LogP contribution in [0.4, 0.5) is 0 Å². The Morgan fingerprint density at radius 2 is 1.88 bits per heavy atom. The van der Waals surface area contributed by atoms with E-state index in [0.717, 1.165) is 12.8 Å². The van der Waals surface area contributed by atoms with Crippen LogP contribution in [-0.2, 0) is 22.7 Å². The number of nitrogens with zero attached hydrogens (tertiary/aromatic N) is 3. The second-order valence-corrected chi connectivity index (χ2v) is 7.18. The average Bonchev–Trinajstić information content (AvgIpc) is 3.38. The summed E-state index contributed by atoms with van der Waals surface area (Å²) in [5.41, 5.74) is 2.42. The van der Waals surface area contributed by atoms with Gasteiger partial charge in [0.2, 0.25) is 11.8 Å². The Hall–Kier alpha value is -2.39. The molecule has 0 spiro atoms. The van der Waals surface area contributed by atoms with Crippen LogP contribution < -0.4 is 5.32 Å². The predicted octanol–water partition coefficient (Wildman–Crippen LogP) is 1.02. The van der Waals surface area contributed by atoms with Crippen LogP contribution in [0, 0.1) is 17.2 Å². The Morgan fingerprint density at radius 3 is 2.56 bits per heavy atom. The van der Waals surface area contributed by atoms with E-state index in [1.807, 2.05) is 17.0 Å². The van der Waals surface area contributed by atoms with Crippen molar-refractivity contribution in [3.63, 3.8) is 0 Å². The summed E-state index contributed by atoms with van der Waals surface area (Å²) in [4.78, 5) is 29.1. The van der Waals surface area contributed by atoms with Crippen molar-refractivity contribution >= 4 is 11.8 Å². The number of hydrogen-bond donors (Lipinski definition) is 1. The standard InChI is InChI=1S/C19H22N4O2/c20-9-16-6-3-7-23(16)19(25)17-8-15(10-21-17)18(24)22-11-13-4-1-2-5-14(13)12-22/h1-2,4-5,15-17,21H,3,6-8,10-12H2/t15-,16-,17-/m0/s1. The van der Waals surface area contributed by atoms with E-state index in [0.29, 0.717) is 32.6 Å². The highest BCUT2D eigenvalue weighted by molar-refractivity contribution is 5.86. The molecule has 0 aromatic heterocycles. The number of rotatable bonds is 2. The van der Waals surface area contributed by atoms with Crippen molar-refractivity contribution in [3.05, 3.63) is 35.4 Å². The molecule has 0 aliphatic carbocycles. The van der Waals surface area contributed by atoms with E-state index in [1.165, 1.54) is 11.1 Å². The first kappa shape index (κ1) is 16.1. The lowest BCUT2D eigenvalue weighted by molar-refractivity contribution is -0.136. The van der Waals surface area contributed by atoms with E-state index in [-0.39, 0.29) is 29.8 Å². The lowest BCUT2D eigenvalue weighted by Gasteiger charge is -2.23. The maximum Gasteiger partial charge on any atom is 0.240 e. The average molecular weight is 338 g/mol. The van der Waals surface area contributed by atoms with Gasteiger partial charge in [-0.1, -0.05) is 24.3 Å². The van der Waals surface area contributed by atoms with E-state index in [9.17, 15) is 14.9 Å². The summed E-state index contributed by atoms with van der Waals surface area (Å²) in [5.74, 6) is -0.0623. The second-order valence-electron chi connectivity index (χ2n) is 7.18. The summed E-state index contributed by atoms with van der Waals surface area (Å²) in [7, 11) is 0. The second kappa shape index (κ2) is 6.49. The predicted molar refractivity (Wildman–Crippen MR) is 90.9 cm³/mol. The summed E-state index contributed by atoms with van der Waals surface area (Å²) < 4.78 is 0. The molecule has 0 saturated carbocycles. The van der Waals surface area contributed by atoms with Crippen LogP contribution in [0.5, 0.6) is 0 Å². The van der Waals surface area contributed by atoms with Crippen molar-refractivity contribution < 1.29 is 9.59 Å². The van der Waals surface area contributed by atoms with E-state index in [4.69, 9.17) is 0 Å². The van der Waals surface area contributed by atoms with Crippen molar-refractivity contribution in [2.45, 2.75) is 44.4 Å². The minimum absolute atomic E-state index is 0.0240. The Labute approximate surface area is 147 Å². The summed E-state index contributed by atoms with van der Waals surface area (Å²) >= 11 is 0. The van der Waals surface area contributed by atoms with Gasteiger partial charge in [0.25, 0.3) is 0 Å². The largest absolute Gasteiger partial charge is 0.334 e. The molecule has 3 aliphatic rings. The van der Waals surface area contributed by atoms with E-state index in [1.54, 1.807) is 4.90 Å². The summed E-state index contributed by atoms with van der Waals surface area (Å²) in [5, 5.41) is 12.4. The summed E-state index contributed by atoms with van der Waals surface area (Å²) in [6.07, 6.45) is 2.16. The van der Waals surface area contributed by atoms with Gasteiger partial charge in [-0.2, -0.15) is 5.26 Å². The lowest BCUT2D eigenvalue weighted by atomic mass is 10.0. The first-order valence-electron chi connectivity index (χ1n) is 8.96. The van der Waals surface area contributed by atoms with Gasteiger partial charge in [-0.3, -0.25) is 9.59 Å². The molecule has 130 valence electrons. The fourth-order valence-electron chi connectivity index (χ4n) is 4.22. The molecule has 2 fully saturated rings. The SMILES string of the molecule is N#C[C@@H]1CCCN1C(=O)[C@@H]1C[C@H](C(=O)N2Cc3ccccc3C2)CN1. The third-order valence-electron chi connectivity index (χ3n) is 5.62. The minimum atomic E-state index is -0.340. The smallest absolute Gasteiger partial charge is 0.240 e. The Bertz CT molecular complexity index is 716. The van der Waals surface area contributed by atoms with Gasteiger partial charge in [0.05, 0.1) is 18.0 Å². The first-order chi connectivity index (χ1) is 12.2. The number of fused-ring (bicyclic) bond motifs is 1. The number of carbonyl (C=O) groups excluding carboxylic acids is 2. The summed E-state index contributed by atoms with van der Waals surface area (Å²) in [6.45, 7) is 2.50. The molecule has 6 heteroatoms. The van der Waals surface area contributed by atoms with Crippen LogP contribution in [0.25, 0.3) is 0 Å². The van der Waals surface area contributed by atoms with Crippen LogP contribution in [0.2, 0.25) is 0 Å². The highest BCUT2D eigenvalue weighted by atomic mass is 16.2. The zero-order valence-corrected chi connectivity index (χ0v) is 14.1. The van der Waals surface area contributed by atoms with Crippen molar-refractivity contribution in [1.82, 2.24) is 15.1 Å². The van der Waals surface area contributed by atoms with Crippen LogP contribution in [0.1, 0.15) is 30.4 Å². The molecule has 4 rings (SSSR count). The van der Waals surface area contributed by atoms with Gasteiger partial charge in [0.1, 0.15) is 6.04 Å². The van der Waals surface area contributed by atoms with Crippen LogP contribution in [0.15, 0.2) is 24.3 Å². The van der Waals surface area contributed by atoms with Gasteiger partial charge in [0, 0.05) is 26.2 Å². The highest BCUT2D eigenvalue weighted by Crippen LogP contribution is 2.27. The van der Waals surface area contributed by atoms with Crippen LogP contribution in [-0.4, -0.2) is 46.8 Å². The van der Waals surface area contributed by atoms with Gasteiger partial charge in [-0.25, -0.2) is 0 Å². The van der Waals surface area contributed by atoms with E-state index in [2.05, 4.69) is 23.5 Å². The topological polar surface area (TPSA) is 76.4 Å². The number of nitriles is 1. The molecular formula is C19H22N4O2. The number of hydrogen-bond acceptors (Lipinski definition) is 4. The quantitative estimate of drug-likeness (QED) is 0.873. The van der Waals surface area contributed by atoms with Gasteiger partial charge >= 0.3 is 0 Å². The van der Waals surface area contributed by atoms with Crippen molar-refractivity contribution in [2.24, 2.45) is 5.92 Å². The summed E-state index contributed by atoms with van der Waals surface area (Å²) in [6, 6.07) is 9.70. The molecule has 1 aromatic rings. The molecular weight excluding hydrogens is 316 g/mol. The maximum atomic E-state index is 12.8. The number of likely N-dealkylation sites (tertiary alicyclic amines) is 1. The molecule has 1 aromatic carbocycles. The van der Waals surface area contributed by atoms with Gasteiger partial charge in [-0.05, 0) is 30.4 Å². The Kier molecular flexibility index (Phi) is 4.18. The molecule has 0 unspecified atom stereocenters. The van der Waals surface area contributed by atoms with Gasteiger partial charge < -0.3 is 15.1 Å². The van der Waals surface area contributed by atoms with E-state index < -0.39 is 0 Å². The first-order valence-corrected chi connectivity index (χ1v) is 8.96. The number of benzene rings is 1. The fourth-order valence-corrected chi connectivity index (χ4v) is 4.22. The highest BCUT2D eigenvalue weighted by Gasteiger charge is 2.40. The van der Waals surface area contributed by atoms with Crippen molar-refractivity contribution in [2.75, 3.05) is 13.1 Å². The zero-order chi connectivity index (χ0) is 17.4. The Morgan fingerprint density at radius 1 is 1.16 bits per heavy atom. The number of amides is 2. The van der Waals surface area contributed by atoms with Crippen LogP contribution >= 0.6 is 0 Å². The molecule has 6 nitrogen and oxygen atoms in total. The number of nitrogens with one attached hydrogen (secondary N) is 1. The molecule has 25 heavy (non-hydrogen) atoms. The monoisotopic (exact) mass is 338 g/mol. The molecule has 2 amide bonds. The van der Waals surface area contributed by atoms with Crippen molar-refractivity contribution in [1.29, 1.82) is 5.26 Å². The normalized spacial score (nSPS) is 28.0. The molecule has 0 radical (unpaired) electrons. The van der Waals surface area contributed by atoms with Crippen molar-refractivity contribution in [3.8, 4) is 6.07 Å².